The molecule has 10 nitrogen and oxygen atoms in total. The van der Waals surface area contributed by atoms with Gasteiger partial charge in [0, 0.05) is 38.4 Å². The number of hydrogen-bond acceptors (Lipinski definition) is 9. The Labute approximate surface area is 254 Å². The highest BCUT2D eigenvalue weighted by Gasteiger charge is 2.18. The van der Waals surface area contributed by atoms with Crippen LogP contribution in [0, 0.1) is 12.7 Å². The molecule has 0 aliphatic rings. The summed E-state index contributed by atoms with van der Waals surface area (Å²) in [5.74, 6) is 0.0188. The van der Waals surface area contributed by atoms with Crippen LogP contribution in [0.1, 0.15) is 21.6 Å². The first-order valence-corrected chi connectivity index (χ1v) is 15.3. The number of aromatic nitrogens is 3. The van der Waals surface area contributed by atoms with Crippen molar-refractivity contribution in [1.82, 2.24) is 25.0 Å². The van der Waals surface area contributed by atoms with Crippen LogP contribution in [0.15, 0.2) is 59.6 Å². The summed E-state index contributed by atoms with van der Waals surface area (Å²) in [4.78, 5) is 27.7. The third-order valence-corrected chi connectivity index (χ3v) is 8.57. The highest BCUT2D eigenvalue weighted by Crippen LogP contribution is 2.37. The SMILES string of the molecule is COCCNC(=O)c1cc(-c2nc3c(C)cc(OCCNS(=O)c4ccc(F)cc4)cc3s2)c2ncc(COC)nc2c1. The van der Waals surface area contributed by atoms with Crippen molar-refractivity contribution >= 4 is 49.5 Å². The summed E-state index contributed by atoms with van der Waals surface area (Å²) in [6, 6.07) is 12.8. The number of ether oxygens (including phenoxy) is 3. The molecule has 2 N–H and O–H groups in total. The number of aryl methyl sites for hydroxylation is 1. The molecular formula is C30H30FN5O5S2. The summed E-state index contributed by atoms with van der Waals surface area (Å²) >= 11 is 1.46. The molecule has 1 atom stereocenters. The van der Waals surface area contributed by atoms with E-state index in [0.29, 0.717) is 69.8 Å². The summed E-state index contributed by atoms with van der Waals surface area (Å²) in [5.41, 5.74) is 4.71. The zero-order valence-corrected chi connectivity index (χ0v) is 25.4. The number of benzene rings is 3. The third kappa shape index (κ3) is 7.37. The predicted molar refractivity (Wildman–Crippen MR) is 164 cm³/mol. The van der Waals surface area contributed by atoms with Crippen LogP contribution >= 0.6 is 11.3 Å². The molecule has 0 radical (unpaired) electrons. The van der Waals surface area contributed by atoms with E-state index in [0.717, 1.165) is 15.8 Å². The maximum atomic E-state index is 13.1. The summed E-state index contributed by atoms with van der Waals surface area (Å²) in [6.45, 7) is 3.61. The lowest BCUT2D eigenvalue weighted by Crippen LogP contribution is -2.27. The first-order valence-electron chi connectivity index (χ1n) is 13.4. The molecule has 0 aliphatic carbocycles. The van der Waals surface area contributed by atoms with Gasteiger partial charge in [0.15, 0.2) is 0 Å². The van der Waals surface area contributed by atoms with E-state index >= 15 is 0 Å². The highest BCUT2D eigenvalue weighted by molar-refractivity contribution is 7.83. The van der Waals surface area contributed by atoms with E-state index in [2.05, 4.69) is 20.0 Å². The third-order valence-electron chi connectivity index (χ3n) is 6.36. The van der Waals surface area contributed by atoms with Crippen molar-refractivity contribution in [3.63, 3.8) is 0 Å². The number of amides is 1. The molecule has 0 fully saturated rings. The Bertz CT molecular complexity index is 1780. The second kappa shape index (κ2) is 14.1. The van der Waals surface area contributed by atoms with Gasteiger partial charge in [-0.25, -0.2) is 23.3 Å². The quantitative estimate of drug-likeness (QED) is 0.183. The van der Waals surface area contributed by atoms with Gasteiger partial charge in [0.1, 0.15) is 34.2 Å². The standard InChI is InChI=1S/C30H30FN5O5S2/c1-18-12-22(41-11-9-34-43(38)23-6-4-20(31)5-7-23)15-26-27(18)36-30(42-26)24-13-19(29(37)32-8-10-39-2)14-25-28(24)33-16-21(35-25)17-40-3/h4-7,12-16,34H,8-11,17H2,1-3H3,(H,32,37). The molecule has 0 spiro atoms. The monoisotopic (exact) mass is 623 g/mol. The maximum Gasteiger partial charge on any atom is 0.251 e. The fourth-order valence-corrected chi connectivity index (χ4v) is 6.26. The second-order valence-electron chi connectivity index (χ2n) is 9.51. The summed E-state index contributed by atoms with van der Waals surface area (Å²) < 4.78 is 45.5. The largest absolute Gasteiger partial charge is 0.492 e. The molecule has 224 valence electrons. The number of thiazole rings is 1. The topological polar surface area (TPSA) is 125 Å². The molecule has 0 aliphatic heterocycles. The molecule has 2 heterocycles. The van der Waals surface area contributed by atoms with Crippen LogP contribution in [0.25, 0.3) is 31.8 Å². The van der Waals surface area contributed by atoms with Gasteiger partial charge < -0.3 is 19.5 Å². The van der Waals surface area contributed by atoms with E-state index < -0.39 is 11.0 Å². The average molecular weight is 624 g/mol. The minimum absolute atomic E-state index is 0.249. The van der Waals surface area contributed by atoms with Crippen LogP contribution in [-0.4, -0.2) is 65.6 Å². The number of carbonyl (C=O) groups is 1. The van der Waals surface area contributed by atoms with Gasteiger partial charge in [-0.1, -0.05) is 0 Å². The molecule has 13 heteroatoms. The molecule has 5 aromatic rings. The van der Waals surface area contributed by atoms with Gasteiger partial charge in [-0.05, 0) is 61.0 Å². The van der Waals surface area contributed by atoms with Crippen LogP contribution in [0.5, 0.6) is 5.75 Å². The molecule has 5 rings (SSSR count). The summed E-state index contributed by atoms with van der Waals surface area (Å²) in [7, 11) is 1.69. The Balaban J connectivity index is 1.39. The van der Waals surface area contributed by atoms with Crippen molar-refractivity contribution < 1.29 is 27.6 Å². The van der Waals surface area contributed by atoms with Gasteiger partial charge in [-0.15, -0.1) is 11.3 Å². The normalized spacial score (nSPS) is 12.1. The highest BCUT2D eigenvalue weighted by atomic mass is 32.2. The number of nitrogens with one attached hydrogen (secondary N) is 2. The molecule has 1 unspecified atom stereocenters. The van der Waals surface area contributed by atoms with Crippen molar-refractivity contribution in [3.05, 3.63) is 77.4 Å². The Morgan fingerprint density at radius 3 is 2.58 bits per heavy atom. The number of methoxy groups -OCH3 is 2. The van der Waals surface area contributed by atoms with Crippen LogP contribution in [-0.2, 0) is 27.1 Å². The zero-order chi connectivity index (χ0) is 30.3. The Morgan fingerprint density at radius 2 is 1.81 bits per heavy atom. The van der Waals surface area contributed by atoms with E-state index in [1.54, 1.807) is 32.5 Å². The molecule has 0 saturated carbocycles. The number of carbonyl (C=O) groups excluding carboxylic acids is 1. The lowest BCUT2D eigenvalue weighted by atomic mass is 10.1. The molecule has 0 bridgehead atoms. The van der Waals surface area contributed by atoms with Gasteiger partial charge in [0.2, 0.25) is 0 Å². The van der Waals surface area contributed by atoms with Crippen LogP contribution in [0.4, 0.5) is 4.39 Å². The molecule has 1 amide bonds. The Kier molecular flexibility index (Phi) is 10.00. The lowest BCUT2D eigenvalue weighted by molar-refractivity contribution is 0.0937. The number of fused-ring (bicyclic) bond motifs is 2. The lowest BCUT2D eigenvalue weighted by Gasteiger charge is -2.09. The molecule has 3 aromatic carbocycles. The molecular weight excluding hydrogens is 593 g/mol. The number of hydrogen-bond donors (Lipinski definition) is 2. The summed E-state index contributed by atoms with van der Waals surface area (Å²) in [5, 5.41) is 3.55. The molecule has 2 aromatic heterocycles. The predicted octanol–water partition coefficient (Wildman–Crippen LogP) is 4.57. The minimum Gasteiger partial charge on any atom is -0.492 e. The van der Waals surface area contributed by atoms with Crippen molar-refractivity contribution in [3.8, 4) is 16.3 Å². The first kappa shape index (κ1) is 30.6. The molecule has 0 saturated heterocycles. The van der Waals surface area contributed by atoms with Crippen LogP contribution in [0.2, 0.25) is 0 Å². The van der Waals surface area contributed by atoms with Crippen molar-refractivity contribution in [2.24, 2.45) is 0 Å². The fourth-order valence-electron chi connectivity index (χ4n) is 4.35. The van der Waals surface area contributed by atoms with Crippen molar-refractivity contribution in [2.75, 3.05) is 40.5 Å². The zero-order valence-electron chi connectivity index (χ0n) is 23.8. The molecule has 43 heavy (non-hydrogen) atoms. The van der Waals surface area contributed by atoms with Crippen molar-refractivity contribution in [2.45, 2.75) is 18.4 Å². The average Bonchev–Trinajstić information content (AvgIpc) is 3.44. The van der Waals surface area contributed by atoms with Crippen LogP contribution < -0.4 is 14.8 Å². The Morgan fingerprint density at radius 1 is 1.00 bits per heavy atom. The van der Waals surface area contributed by atoms with E-state index in [9.17, 15) is 13.4 Å². The van der Waals surface area contributed by atoms with E-state index in [1.165, 1.54) is 35.6 Å². The van der Waals surface area contributed by atoms with Gasteiger partial charge in [-0.3, -0.25) is 9.78 Å². The number of nitrogens with zero attached hydrogens (tertiary/aromatic N) is 3. The van der Waals surface area contributed by atoms with E-state index in [4.69, 9.17) is 19.2 Å². The van der Waals surface area contributed by atoms with E-state index in [-0.39, 0.29) is 18.3 Å². The van der Waals surface area contributed by atoms with E-state index in [1.807, 2.05) is 19.1 Å². The van der Waals surface area contributed by atoms with Crippen LogP contribution in [0.3, 0.4) is 0 Å². The van der Waals surface area contributed by atoms with Gasteiger partial charge in [0.25, 0.3) is 5.91 Å². The first-order chi connectivity index (χ1) is 20.9. The van der Waals surface area contributed by atoms with Crippen molar-refractivity contribution in [1.29, 1.82) is 0 Å². The van der Waals surface area contributed by atoms with Gasteiger partial charge >= 0.3 is 0 Å². The summed E-state index contributed by atoms with van der Waals surface area (Å²) in [6.07, 6.45) is 1.66. The minimum atomic E-state index is -1.47. The smallest absolute Gasteiger partial charge is 0.251 e. The fraction of sp³-hybridized carbons (Fsp3) is 0.267. The van der Waals surface area contributed by atoms with Gasteiger partial charge in [-0.2, -0.15) is 0 Å². The van der Waals surface area contributed by atoms with Gasteiger partial charge in [0.05, 0.1) is 51.3 Å². The second-order valence-corrected chi connectivity index (χ2v) is 11.8. The number of halogens is 1. The number of rotatable bonds is 13. The Hall–Kier alpha value is -3.88. The maximum absolute atomic E-state index is 13.1.